The Labute approximate surface area is 150 Å². The second-order valence-electron chi connectivity index (χ2n) is 7.20. The van der Waals surface area contributed by atoms with Gasteiger partial charge in [0.25, 0.3) is 0 Å². The van der Waals surface area contributed by atoms with Crippen LogP contribution in [0, 0.1) is 11.8 Å². The Morgan fingerprint density at radius 2 is 1.76 bits per heavy atom. The number of rotatable bonds is 7. The summed E-state index contributed by atoms with van der Waals surface area (Å²) in [7, 11) is 3.70. The van der Waals surface area contributed by atoms with Gasteiger partial charge in [-0.2, -0.15) is 0 Å². The van der Waals surface area contributed by atoms with Gasteiger partial charge in [0, 0.05) is 17.8 Å². The zero-order chi connectivity index (χ0) is 18.2. The minimum Gasteiger partial charge on any atom is -0.326 e. The Bertz CT molecular complexity index is 565. The summed E-state index contributed by atoms with van der Waals surface area (Å²) in [5.74, 6) is 0.936. The first-order chi connectivity index (χ1) is 11.9. The molecule has 0 spiro atoms. The molecule has 2 rings (SSSR count). The molecule has 1 heterocycles. The Balaban J connectivity index is 1.79. The molecule has 2 atom stereocenters. The topological polar surface area (TPSA) is 73.5 Å². The maximum Gasteiger partial charge on any atom is 0.238 e. The number of anilines is 2. The van der Waals surface area contributed by atoms with Crippen LogP contribution in [0.2, 0.25) is 0 Å². The second-order valence-corrected chi connectivity index (χ2v) is 7.20. The standard InChI is InChI=1S/C19H30N4O2/c1-14(15-5-4-10-20-12-15)11-18(24)21-16-6-8-17(9-7-16)22-19(25)13-23(2)3/h6-9,14-15,20H,4-5,10-13H2,1-3H3,(H,21,24)(H,22,25). The van der Waals surface area contributed by atoms with E-state index in [4.69, 9.17) is 0 Å². The molecule has 2 amide bonds. The summed E-state index contributed by atoms with van der Waals surface area (Å²) >= 11 is 0. The predicted molar refractivity (Wildman–Crippen MR) is 102 cm³/mol. The van der Waals surface area contributed by atoms with Gasteiger partial charge in [-0.1, -0.05) is 6.92 Å². The molecule has 1 aliphatic heterocycles. The molecule has 1 saturated heterocycles. The normalized spacial score (nSPS) is 18.6. The van der Waals surface area contributed by atoms with E-state index in [0.29, 0.717) is 24.8 Å². The molecule has 2 unspecified atom stereocenters. The van der Waals surface area contributed by atoms with Crippen molar-refractivity contribution < 1.29 is 9.59 Å². The van der Waals surface area contributed by atoms with Crippen LogP contribution < -0.4 is 16.0 Å². The van der Waals surface area contributed by atoms with Gasteiger partial charge >= 0.3 is 0 Å². The van der Waals surface area contributed by atoms with E-state index >= 15 is 0 Å². The maximum atomic E-state index is 12.2. The summed E-state index contributed by atoms with van der Waals surface area (Å²) < 4.78 is 0. The molecule has 138 valence electrons. The largest absolute Gasteiger partial charge is 0.326 e. The minimum absolute atomic E-state index is 0.0440. The monoisotopic (exact) mass is 346 g/mol. The Morgan fingerprint density at radius 1 is 1.16 bits per heavy atom. The van der Waals surface area contributed by atoms with Gasteiger partial charge in [-0.05, 0) is 76.1 Å². The predicted octanol–water partition coefficient (Wildman–Crippen LogP) is 2.15. The third-order valence-electron chi connectivity index (χ3n) is 4.56. The van der Waals surface area contributed by atoms with Crippen LogP contribution in [-0.4, -0.2) is 50.4 Å². The molecule has 1 aromatic carbocycles. The van der Waals surface area contributed by atoms with Gasteiger partial charge in [0.15, 0.2) is 0 Å². The number of nitrogens with zero attached hydrogens (tertiary/aromatic N) is 1. The van der Waals surface area contributed by atoms with Crippen molar-refractivity contribution in [2.75, 3.05) is 44.4 Å². The van der Waals surface area contributed by atoms with Crippen LogP contribution in [0.1, 0.15) is 26.2 Å². The lowest BCUT2D eigenvalue weighted by molar-refractivity contribution is -0.118. The Morgan fingerprint density at radius 3 is 2.28 bits per heavy atom. The van der Waals surface area contributed by atoms with Crippen molar-refractivity contribution in [1.82, 2.24) is 10.2 Å². The zero-order valence-corrected chi connectivity index (χ0v) is 15.5. The van der Waals surface area contributed by atoms with Crippen LogP contribution in [0.5, 0.6) is 0 Å². The number of carbonyl (C=O) groups excluding carboxylic acids is 2. The third-order valence-corrected chi connectivity index (χ3v) is 4.56. The number of hydrogen-bond acceptors (Lipinski definition) is 4. The molecule has 1 aromatic rings. The van der Waals surface area contributed by atoms with Crippen molar-refractivity contribution in [1.29, 1.82) is 0 Å². The number of nitrogens with one attached hydrogen (secondary N) is 3. The van der Waals surface area contributed by atoms with Gasteiger partial charge in [0.2, 0.25) is 11.8 Å². The van der Waals surface area contributed by atoms with Crippen molar-refractivity contribution in [2.45, 2.75) is 26.2 Å². The lowest BCUT2D eigenvalue weighted by Gasteiger charge is -2.28. The van der Waals surface area contributed by atoms with Crippen molar-refractivity contribution in [3.8, 4) is 0 Å². The average Bonchev–Trinajstić information content (AvgIpc) is 2.56. The number of amides is 2. The second kappa shape index (κ2) is 9.53. The summed E-state index contributed by atoms with van der Waals surface area (Å²) in [6.07, 6.45) is 2.92. The van der Waals surface area contributed by atoms with Gasteiger partial charge in [-0.15, -0.1) is 0 Å². The molecule has 0 aromatic heterocycles. The molecule has 0 radical (unpaired) electrons. The number of benzene rings is 1. The van der Waals surface area contributed by atoms with Gasteiger partial charge in [-0.25, -0.2) is 0 Å². The minimum atomic E-state index is -0.0586. The number of likely N-dealkylation sites (N-methyl/N-ethyl adjacent to an activating group) is 1. The van der Waals surface area contributed by atoms with Crippen LogP contribution in [0.3, 0.4) is 0 Å². The van der Waals surface area contributed by atoms with Crippen molar-refractivity contribution in [3.05, 3.63) is 24.3 Å². The molecule has 1 fully saturated rings. The van der Waals surface area contributed by atoms with Gasteiger partial charge in [0.1, 0.15) is 0 Å². The van der Waals surface area contributed by atoms with Crippen LogP contribution in [0.4, 0.5) is 11.4 Å². The molecule has 0 bridgehead atoms. The van der Waals surface area contributed by atoms with Crippen molar-refractivity contribution in [3.63, 3.8) is 0 Å². The highest BCUT2D eigenvalue weighted by Gasteiger charge is 2.22. The third kappa shape index (κ3) is 6.84. The van der Waals surface area contributed by atoms with Crippen molar-refractivity contribution >= 4 is 23.2 Å². The fourth-order valence-electron chi connectivity index (χ4n) is 3.16. The lowest BCUT2D eigenvalue weighted by atomic mass is 9.85. The van der Waals surface area contributed by atoms with E-state index in [-0.39, 0.29) is 11.8 Å². The SMILES string of the molecule is CC(CC(=O)Nc1ccc(NC(=O)CN(C)C)cc1)C1CCCNC1. The van der Waals surface area contributed by atoms with E-state index in [1.807, 2.05) is 31.1 Å². The highest BCUT2D eigenvalue weighted by Crippen LogP contribution is 2.23. The van der Waals surface area contributed by atoms with E-state index in [0.717, 1.165) is 24.5 Å². The van der Waals surface area contributed by atoms with Gasteiger partial charge < -0.3 is 20.9 Å². The molecular weight excluding hydrogens is 316 g/mol. The first-order valence-electron chi connectivity index (χ1n) is 8.99. The zero-order valence-electron chi connectivity index (χ0n) is 15.5. The molecule has 3 N–H and O–H groups in total. The van der Waals surface area contributed by atoms with Gasteiger partial charge in [-0.3, -0.25) is 9.59 Å². The maximum absolute atomic E-state index is 12.2. The Kier molecular flexibility index (Phi) is 7.40. The molecule has 0 saturated carbocycles. The van der Waals surface area contributed by atoms with E-state index in [2.05, 4.69) is 22.9 Å². The number of carbonyl (C=O) groups is 2. The van der Waals surface area contributed by atoms with E-state index < -0.39 is 0 Å². The van der Waals surface area contributed by atoms with Gasteiger partial charge in [0.05, 0.1) is 6.54 Å². The molecule has 0 aliphatic carbocycles. The molecular formula is C19H30N4O2. The molecule has 6 nitrogen and oxygen atoms in total. The first-order valence-corrected chi connectivity index (χ1v) is 8.99. The number of hydrogen-bond donors (Lipinski definition) is 3. The van der Waals surface area contributed by atoms with E-state index in [1.165, 1.54) is 12.8 Å². The van der Waals surface area contributed by atoms with Crippen LogP contribution in [-0.2, 0) is 9.59 Å². The van der Waals surface area contributed by atoms with Crippen LogP contribution in [0.15, 0.2) is 24.3 Å². The summed E-state index contributed by atoms with van der Waals surface area (Å²) in [6.45, 7) is 4.59. The summed E-state index contributed by atoms with van der Waals surface area (Å²) in [6, 6.07) is 7.24. The lowest BCUT2D eigenvalue weighted by Crippen LogP contribution is -2.34. The Hall–Kier alpha value is -1.92. The fraction of sp³-hybridized carbons (Fsp3) is 0.579. The first kappa shape index (κ1) is 19.4. The van der Waals surface area contributed by atoms with E-state index in [9.17, 15) is 9.59 Å². The smallest absolute Gasteiger partial charge is 0.238 e. The molecule has 25 heavy (non-hydrogen) atoms. The number of piperidine rings is 1. The summed E-state index contributed by atoms with van der Waals surface area (Å²) in [4.78, 5) is 25.8. The fourth-order valence-corrected chi connectivity index (χ4v) is 3.16. The van der Waals surface area contributed by atoms with Crippen LogP contribution in [0.25, 0.3) is 0 Å². The quantitative estimate of drug-likeness (QED) is 0.707. The van der Waals surface area contributed by atoms with E-state index in [1.54, 1.807) is 12.1 Å². The summed E-state index contributed by atoms with van der Waals surface area (Å²) in [5.41, 5.74) is 1.48. The molecule has 1 aliphatic rings. The highest BCUT2D eigenvalue weighted by atomic mass is 16.2. The molecule has 6 heteroatoms. The average molecular weight is 346 g/mol. The van der Waals surface area contributed by atoms with Crippen LogP contribution >= 0.6 is 0 Å². The highest BCUT2D eigenvalue weighted by molar-refractivity contribution is 5.93. The summed E-state index contributed by atoms with van der Waals surface area (Å²) in [5, 5.41) is 9.18. The van der Waals surface area contributed by atoms with Crippen molar-refractivity contribution in [2.24, 2.45) is 11.8 Å².